The van der Waals surface area contributed by atoms with Crippen LogP contribution in [0.1, 0.15) is 40.2 Å². The molecule has 1 N–H and O–H groups in total. The third-order valence-corrected chi connectivity index (χ3v) is 4.60. The number of amides is 1. The lowest BCUT2D eigenvalue weighted by atomic mass is 9.94. The minimum atomic E-state index is 0.0257. The first-order chi connectivity index (χ1) is 11.6. The van der Waals surface area contributed by atoms with Crippen LogP contribution in [0.25, 0.3) is 0 Å². The average Bonchev–Trinajstić information content (AvgIpc) is 3.07. The van der Waals surface area contributed by atoms with Gasteiger partial charge in [0, 0.05) is 37.0 Å². The van der Waals surface area contributed by atoms with E-state index < -0.39 is 0 Å². The largest absolute Gasteiger partial charge is 0.349 e. The van der Waals surface area contributed by atoms with Gasteiger partial charge in [0.2, 0.25) is 0 Å². The summed E-state index contributed by atoms with van der Waals surface area (Å²) >= 11 is 0. The molecule has 0 radical (unpaired) electrons. The van der Waals surface area contributed by atoms with Crippen LogP contribution in [0.3, 0.4) is 0 Å². The first kappa shape index (κ1) is 14.9. The Bertz CT molecular complexity index is 805. The van der Waals surface area contributed by atoms with Gasteiger partial charge in [0.05, 0.1) is 18.4 Å². The lowest BCUT2D eigenvalue weighted by molar-refractivity contribution is 0.0951. The normalized spacial score (nSPS) is 19.8. The van der Waals surface area contributed by atoms with Crippen LogP contribution >= 0.6 is 0 Å². The third-order valence-electron chi connectivity index (χ3n) is 4.60. The first-order valence-electron chi connectivity index (χ1n) is 8.32. The highest BCUT2D eigenvalue weighted by molar-refractivity contribution is 5.95. The zero-order chi connectivity index (χ0) is 16.7. The molecule has 2 heterocycles. The van der Waals surface area contributed by atoms with E-state index in [1.807, 2.05) is 48.9 Å². The molecule has 0 bridgehead atoms. The van der Waals surface area contributed by atoms with Crippen molar-refractivity contribution in [3.63, 3.8) is 0 Å². The van der Waals surface area contributed by atoms with Crippen molar-refractivity contribution in [2.24, 2.45) is 12.1 Å². The molecule has 1 fully saturated rings. The molecule has 1 amide bonds. The van der Waals surface area contributed by atoms with Crippen molar-refractivity contribution in [1.82, 2.24) is 15.1 Å². The number of rotatable bonds is 4. The number of carbonyl (C=O) groups excluding carboxylic acids is 1. The summed E-state index contributed by atoms with van der Waals surface area (Å²) in [6.45, 7) is 2.85. The predicted octanol–water partition coefficient (Wildman–Crippen LogP) is 2.21. The summed E-state index contributed by atoms with van der Waals surface area (Å²) in [4.78, 5) is 12.3. The Morgan fingerprint density at radius 1 is 1.33 bits per heavy atom. The van der Waals surface area contributed by atoms with E-state index in [1.165, 1.54) is 5.56 Å². The van der Waals surface area contributed by atoms with Crippen LogP contribution in [0.5, 0.6) is 0 Å². The van der Waals surface area contributed by atoms with E-state index in [-0.39, 0.29) is 11.8 Å². The summed E-state index contributed by atoms with van der Waals surface area (Å²) in [5, 5.41) is 13.7. The lowest BCUT2D eigenvalue weighted by Crippen LogP contribution is -2.25. The number of anilines is 1. The highest BCUT2D eigenvalue weighted by Gasteiger charge is 2.26. The predicted molar refractivity (Wildman–Crippen MR) is 93.5 cm³/mol. The minimum Gasteiger partial charge on any atom is -0.349 e. The Balaban J connectivity index is 1.53. The first-order valence-corrected chi connectivity index (χ1v) is 8.32. The van der Waals surface area contributed by atoms with Crippen LogP contribution in [0.2, 0.25) is 0 Å². The fourth-order valence-corrected chi connectivity index (χ4v) is 3.01. The van der Waals surface area contributed by atoms with Crippen molar-refractivity contribution in [3.8, 4) is 0 Å². The van der Waals surface area contributed by atoms with Crippen molar-refractivity contribution in [3.05, 3.63) is 47.3 Å². The molecule has 1 aromatic heterocycles. The van der Waals surface area contributed by atoms with Gasteiger partial charge in [-0.15, -0.1) is 0 Å². The SMILES string of the molecule is Cc1ccc(C(=O)NC2CC2)cc1C1C=NN(c2cnn(C)c2)C1. The van der Waals surface area contributed by atoms with E-state index in [1.54, 1.807) is 4.68 Å². The smallest absolute Gasteiger partial charge is 0.251 e. The van der Waals surface area contributed by atoms with E-state index >= 15 is 0 Å². The molecule has 2 aromatic rings. The van der Waals surface area contributed by atoms with Gasteiger partial charge in [-0.1, -0.05) is 6.07 Å². The number of hydrogen-bond donors (Lipinski definition) is 1. The lowest BCUT2D eigenvalue weighted by Gasteiger charge is -2.16. The molecule has 0 saturated heterocycles. The topological polar surface area (TPSA) is 62.5 Å². The van der Waals surface area contributed by atoms with Gasteiger partial charge >= 0.3 is 0 Å². The Morgan fingerprint density at radius 3 is 2.88 bits per heavy atom. The van der Waals surface area contributed by atoms with Gasteiger partial charge < -0.3 is 5.32 Å². The van der Waals surface area contributed by atoms with Crippen molar-refractivity contribution >= 4 is 17.8 Å². The van der Waals surface area contributed by atoms with Gasteiger partial charge in [0.25, 0.3) is 5.91 Å². The summed E-state index contributed by atoms with van der Waals surface area (Å²) in [5.41, 5.74) is 4.06. The van der Waals surface area contributed by atoms with Gasteiger partial charge in [0.1, 0.15) is 0 Å². The molecule has 124 valence electrons. The minimum absolute atomic E-state index is 0.0257. The molecule has 6 nitrogen and oxygen atoms in total. The van der Waals surface area contributed by atoms with E-state index in [2.05, 4.69) is 22.4 Å². The molecule has 2 aliphatic rings. The number of hydrogen-bond acceptors (Lipinski definition) is 4. The monoisotopic (exact) mass is 323 g/mol. The number of carbonyl (C=O) groups is 1. The molecule has 6 heteroatoms. The Kier molecular flexibility index (Phi) is 3.59. The molecule has 1 unspecified atom stereocenters. The van der Waals surface area contributed by atoms with Crippen LogP contribution in [0.15, 0.2) is 35.7 Å². The molecule has 1 aliphatic carbocycles. The molecule has 1 aliphatic heterocycles. The number of nitrogens with zero attached hydrogens (tertiary/aromatic N) is 4. The van der Waals surface area contributed by atoms with Crippen molar-refractivity contribution < 1.29 is 4.79 Å². The third kappa shape index (κ3) is 2.91. The van der Waals surface area contributed by atoms with Crippen LogP contribution in [-0.4, -0.2) is 34.5 Å². The molecular weight excluding hydrogens is 302 g/mol. The fourth-order valence-electron chi connectivity index (χ4n) is 3.01. The Morgan fingerprint density at radius 2 is 2.17 bits per heavy atom. The van der Waals surface area contributed by atoms with Crippen molar-refractivity contribution in [1.29, 1.82) is 0 Å². The maximum atomic E-state index is 12.3. The van der Waals surface area contributed by atoms with E-state index in [9.17, 15) is 4.79 Å². The zero-order valence-electron chi connectivity index (χ0n) is 13.9. The van der Waals surface area contributed by atoms with Crippen molar-refractivity contribution in [2.45, 2.75) is 31.7 Å². The molecule has 4 rings (SSSR count). The highest BCUT2D eigenvalue weighted by atomic mass is 16.1. The van der Waals surface area contributed by atoms with Gasteiger partial charge in [-0.2, -0.15) is 10.2 Å². The van der Waals surface area contributed by atoms with Crippen LogP contribution in [-0.2, 0) is 7.05 Å². The van der Waals surface area contributed by atoms with Crippen LogP contribution < -0.4 is 10.3 Å². The molecule has 1 aromatic carbocycles. The van der Waals surface area contributed by atoms with Gasteiger partial charge in [0.15, 0.2) is 0 Å². The zero-order valence-corrected chi connectivity index (χ0v) is 13.9. The summed E-state index contributed by atoms with van der Waals surface area (Å²) < 4.78 is 1.77. The van der Waals surface area contributed by atoms with Crippen molar-refractivity contribution in [2.75, 3.05) is 11.6 Å². The maximum absolute atomic E-state index is 12.3. The maximum Gasteiger partial charge on any atom is 0.251 e. The average molecular weight is 323 g/mol. The standard InChI is InChI=1S/C18H21N5O/c1-12-3-4-13(18(24)21-15-5-6-15)7-17(12)14-8-20-23(10-14)16-9-19-22(2)11-16/h3-4,7-9,11,14-15H,5-6,10H2,1-2H3,(H,21,24). The number of aryl methyl sites for hydroxylation is 2. The van der Waals surface area contributed by atoms with Gasteiger partial charge in [-0.3, -0.25) is 14.5 Å². The second-order valence-corrected chi connectivity index (χ2v) is 6.64. The molecule has 24 heavy (non-hydrogen) atoms. The fraction of sp³-hybridized carbons (Fsp3) is 0.389. The second-order valence-electron chi connectivity index (χ2n) is 6.64. The van der Waals surface area contributed by atoms with Crippen LogP contribution in [0.4, 0.5) is 5.69 Å². The van der Waals surface area contributed by atoms with Crippen LogP contribution in [0, 0.1) is 6.92 Å². The summed E-state index contributed by atoms with van der Waals surface area (Å²) in [6.07, 6.45) is 7.91. The molecule has 1 atom stereocenters. The molecule has 1 saturated carbocycles. The highest BCUT2D eigenvalue weighted by Crippen LogP contribution is 2.28. The van der Waals surface area contributed by atoms with E-state index in [0.29, 0.717) is 6.04 Å². The molecular formula is C18H21N5O. The quantitative estimate of drug-likeness (QED) is 0.938. The molecule has 0 spiro atoms. The summed E-state index contributed by atoms with van der Waals surface area (Å²) in [6, 6.07) is 6.31. The number of nitrogens with one attached hydrogen (secondary N) is 1. The van der Waals surface area contributed by atoms with E-state index in [0.717, 1.165) is 36.2 Å². The van der Waals surface area contributed by atoms with Gasteiger partial charge in [-0.05, 0) is 43.0 Å². The number of aromatic nitrogens is 2. The second kappa shape index (κ2) is 5.78. The number of benzene rings is 1. The Labute approximate surface area is 141 Å². The van der Waals surface area contributed by atoms with E-state index in [4.69, 9.17) is 0 Å². The number of hydrazone groups is 1. The van der Waals surface area contributed by atoms with Gasteiger partial charge in [-0.25, -0.2) is 0 Å². The summed E-state index contributed by atoms with van der Waals surface area (Å²) in [7, 11) is 1.90. The summed E-state index contributed by atoms with van der Waals surface area (Å²) in [5.74, 6) is 0.205. The Hall–Kier alpha value is -2.63.